The van der Waals surface area contributed by atoms with Crippen LogP contribution in [0.4, 0.5) is 0 Å². The lowest BCUT2D eigenvalue weighted by Crippen LogP contribution is -3.00. The number of carbonyl (C=O) groups is 4. The molecular formula is C51H102ClNO9S2. The van der Waals surface area contributed by atoms with Gasteiger partial charge >= 0.3 is 5.97 Å². The highest BCUT2D eigenvalue weighted by Crippen LogP contribution is 2.14. The molecule has 3 aromatic rings. The third kappa shape index (κ3) is 118. The number of hydrogen-bond donors (Lipinski definition) is 3. The molecule has 0 unspecified atom stereocenters. The van der Waals surface area contributed by atoms with Crippen LogP contribution in [-0.2, 0) is 19.7 Å². The fraction of sp³-hybridized carbons (Fsp3) is 0.569. The second kappa shape index (κ2) is 98.3. The summed E-state index contributed by atoms with van der Waals surface area (Å²) in [5.74, 6) is 0.0410. The van der Waals surface area contributed by atoms with Gasteiger partial charge < -0.3 is 37.0 Å². The lowest BCUT2D eigenvalue weighted by atomic mass is 10.1. The minimum absolute atomic E-state index is 0. The van der Waals surface area contributed by atoms with Gasteiger partial charge in [0, 0.05) is 11.8 Å². The number of carbonyl (C=O) groups excluding carboxylic acids is 3. The Morgan fingerprint density at radius 2 is 0.953 bits per heavy atom. The Morgan fingerprint density at radius 1 is 0.656 bits per heavy atom. The first-order valence-corrected chi connectivity index (χ1v) is 25.4. The predicted molar refractivity (Wildman–Crippen MR) is 284 cm³/mol. The molecule has 0 aliphatic heterocycles. The summed E-state index contributed by atoms with van der Waals surface area (Å²) >= 11 is 1.36. The molecule has 13 heteroatoms. The largest absolute Gasteiger partial charge is 1.00 e. The summed E-state index contributed by atoms with van der Waals surface area (Å²) in [6, 6.07) is 24.1. The summed E-state index contributed by atoms with van der Waals surface area (Å²) in [5.41, 5.74) is 6.70. The lowest BCUT2D eigenvalue weighted by Gasteiger charge is -1.99. The number of benzene rings is 3. The van der Waals surface area contributed by atoms with Crippen molar-refractivity contribution < 1.29 is 59.6 Å². The number of aromatic carboxylic acids is 1. The van der Waals surface area contributed by atoms with Crippen molar-refractivity contribution in [1.29, 1.82) is 0 Å². The zero-order valence-corrected chi connectivity index (χ0v) is 47.7. The monoisotopic (exact) mass is 972 g/mol. The molecule has 3 rings (SSSR count). The molecule has 0 atom stereocenters. The minimum atomic E-state index is -3.67. The SMILES string of the molecule is CC.CC.CC.CC.CC.CC.CC(=O)c1ccccc1.CC=O.CC=O.CCC.CCC.CCCS(=O)(=O)O.CC[NH3+].CSOc1ccc(C)cc1.Cc1ccccc1C(=O)O.[Cl-]. The fourth-order valence-electron chi connectivity index (χ4n) is 2.43. The zero-order chi connectivity index (χ0) is 53.1. The van der Waals surface area contributed by atoms with Crippen LogP contribution in [0, 0.1) is 13.8 Å². The van der Waals surface area contributed by atoms with Gasteiger partial charge in [0.05, 0.1) is 29.9 Å². The lowest BCUT2D eigenvalue weighted by molar-refractivity contribution is -0.361. The van der Waals surface area contributed by atoms with Gasteiger partial charge in [0.15, 0.2) is 5.78 Å². The quantitative estimate of drug-likeness (QED) is 0.0931. The van der Waals surface area contributed by atoms with Gasteiger partial charge in [-0.2, -0.15) is 8.42 Å². The highest BCUT2D eigenvalue weighted by Gasteiger charge is 2.03. The van der Waals surface area contributed by atoms with Gasteiger partial charge in [0.25, 0.3) is 10.1 Å². The molecule has 0 saturated heterocycles. The van der Waals surface area contributed by atoms with Crippen molar-refractivity contribution in [2.75, 3.05) is 18.6 Å². The van der Waals surface area contributed by atoms with Gasteiger partial charge in [-0.1, -0.05) is 197 Å². The van der Waals surface area contributed by atoms with E-state index in [4.69, 9.17) is 23.4 Å². The summed E-state index contributed by atoms with van der Waals surface area (Å²) in [5, 5.41) is 8.57. The number of quaternary nitrogens is 1. The number of ketones is 1. The third-order valence-electron chi connectivity index (χ3n) is 4.22. The van der Waals surface area contributed by atoms with E-state index in [1.807, 2.05) is 157 Å². The summed E-state index contributed by atoms with van der Waals surface area (Å²) in [6.07, 6.45) is 6.37. The number of carboxylic acids is 1. The number of carboxylic acid groups (broad SMARTS) is 1. The summed E-state index contributed by atoms with van der Waals surface area (Å²) in [6.45, 7) is 45.5. The van der Waals surface area contributed by atoms with Crippen LogP contribution in [0.5, 0.6) is 5.75 Å². The average molecular weight is 973 g/mol. The van der Waals surface area contributed by atoms with E-state index in [9.17, 15) is 18.0 Å². The zero-order valence-electron chi connectivity index (χ0n) is 45.3. The molecule has 0 amide bonds. The first-order valence-electron chi connectivity index (χ1n) is 22.6. The number of Topliss-reactive ketones (excluding diaryl/α,β-unsaturated/α-hetero) is 1. The molecule has 64 heavy (non-hydrogen) atoms. The predicted octanol–water partition coefficient (Wildman–Crippen LogP) is 12.2. The number of hydrogen-bond acceptors (Lipinski definition) is 8. The molecule has 0 fully saturated rings. The second-order valence-electron chi connectivity index (χ2n) is 9.78. The molecule has 3 aromatic carbocycles. The van der Waals surface area contributed by atoms with Crippen LogP contribution in [0.25, 0.3) is 0 Å². The van der Waals surface area contributed by atoms with Crippen LogP contribution in [0.15, 0.2) is 78.9 Å². The highest BCUT2D eigenvalue weighted by atomic mass is 35.5. The van der Waals surface area contributed by atoms with Gasteiger partial charge in [-0.3, -0.25) is 9.35 Å². The van der Waals surface area contributed by atoms with Crippen molar-refractivity contribution in [1.82, 2.24) is 0 Å². The van der Waals surface area contributed by atoms with Gasteiger partial charge in [0.1, 0.15) is 18.3 Å². The van der Waals surface area contributed by atoms with Crippen LogP contribution in [-0.4, -0.2) is 61.0 Å². The molecule has 0 radical (unpaired) electrons. The normalized spacial score (nSPS) is 7.28. The Morgan fingerprint density at radius 3 is 1.14 bits per heavy atom. The molecule has 0 aliphatic rings. The van der Waals surface area contributed by atoms with E-state index in [1.54, 1.807) is 39.0 Å². The van der Waals surface area contributed by atoms with Gasteiger partial charge in [-0.15, -0.1) is 0 Å². The molecule has 10 nitrogen and oxygen atoms in total. The van der Waals surface area contributed by atoms with Crippen molar-refractivity contribution >= 4 is 46.5 Å². The van der Waals surface area contributed by atoms with Crippen molar-refractivity contribution in [3.63, 3.8) is 0 Å². The molecular weight excluding hydrogens is 870 g/mol. The van der Waals surface area contributed by atoms with Crippen LogP contribution in [0.2, 0.25) is 0 Å². The number of aryl methyl sites for hydroxylation is 2. The van der Waals surface area contributed by atoms with Crippen molar-refractivity contribution in [3.8, 4) is 5.75 Å². The maximum atomic E-state index is 10.6. The van der Waals surface area contributed by atoms with E-state index in [2.05, 4.69) is 40.4 Å². The fourth-order valence-corrected chi connectivity index (χ4v) is 3.25. The summed E-state index contributed by atoms with van der Waals surface area (Å²) in [7, 11) is -3.67. The van der Waals surface area contributed by atoms with Gasteiger partial charge in [-0.25, -0.2) is 4.79 Å². The Balaban J connectivity index is -0.0000000417. The van der Waals surface area contributed by atoms with E-state index >= 15 is 0 Å². The molecule has 0 bridgehead atoms. The number of rotatable bonds is 6. The number of aldehydes is 2. The smallest absolute Gasteiger partial charge is 0.335 e. The second-order valence-corrected chi connectivity index (χ2v) is 11.8. The van der Waals surface area contributed by atoms with Crippen LogP contribution in [0.1, 0.15) is 197 Å². The van der Waals surface area contributed by atoms with Crippen LogP contribution in [0.3, 0.4) is 0 Å². The van der Waals surface area contributed by atoms with Crippen molar-refractivity contribution in [2.24, 2.45) is 0 Å². The van der Waals surface area contributed by atoms with Crippen LogP contribution >= 0.6 is 12.0 Å². The third-order valence-corrected chi connectivity index (χ3v) is 5.50. The molecule has 5 N–H and O–H groups in total. The Kier molecular flexibility index (Phi) is 146. The molecule has 384 valence electrons. The first kappa shape index (κ1) is 94.9. The standard InChI is InChI=1S/C8H8O2.C8H10OS.C8H8O.C3H8O3S.2C3H8.C2H7N.2C2H4O.6C2H6.ClH/c1-6-4-2-3-5-7(6)8(9)10;1-7-3-5-8(6-4-7)9-10-2;1-7(9)8-5-3-2-4-6-8;1-2-3-7(4,5)6;2*1-3-2;3*1-2-3;6*1-2;/h2-5H,1H3,(H,9,10);3-6H,1-2H3;2-6H,1H3;2-3H2,1H3,(H,4,5,6);2*3H2,1-2H3;2-3H2,1H3;2*2H,1H3;6*1-2H3;1H. The summed E-state index contributed by atoms with van der Waals surface area (Å²) < 4.78 is 32.7. The molecule has 0 heterocycles. The van der Waals surface area contributed by atoms with Gasteiger partial charge in [0.2, 0.25) is 0 Å². The van der Waals surface area contributed by atoms with E-state index in [-0.39, 0.29) is 23.9 Å². The van der Waals surface area contributed by atoms with E-state index in [0.717, 1.165) is 36.0 Å². The molecule has 0 saturated carbocycles. The first-order chi connectivity index (χ1) is 30.0. The maximum absolute atomic E-state index is 10.6. The van der Waals surface area contributed by atoms with E-state index in [0.29, 0.717) is 12.0 Å². The maximum Gasteiger partial charge on any atom is 0.335 e. The van der Waals surface area contributed by atoms with Crippen molar-refractivity contribution in [3.05, 3.63) is 101 Å². The van der Waals surface area contributed by atoms with Gasteiger partial charge in [-0.05, 0) is 71.7 Å². The minimum Gasteiger partial charge on any atom is -1.00 e. The molecule has 0 aliphatic carbocycles. The summed E-state index contributed by atoms with van der Waals surface area (Å²) in [4.78, 5) is 38.7. The average Bonchev–Trinajstić information content (AvgIpc) is 3.28. The van der Waals surface area contributed by atoms with E-state index in [1.165, 1.54) is 44.3 Å². The molecule has 0 spiro atoms. The Hall–Kier alpha value is -3.55. The Bertz CT molecular complexity index is 1300. The topological polar surface area (TPSA) is 180 Å². The number of halogens is 1. The van der Waals surface area contributed by atoms with Crippen LogP contribution < -0.4 is 22.3 Å². The van der Waals surface area contributed by atoms with Crippen molar-refractivity contribution in [2.45, 2.75) is 179 Å². The highest BCUT2D eigenvalue weighted by molar-refractivity contribution is 7.94. The Labute approximate surface area is 408 Å². The van der Waals surface area contributed by atoms with E-state index < -0.39 is 16.1 Å². The molecule has 0 aromatic heterocycles.